The van der Waals surface area contributed by atoms with Gasteiger partial charge in [-0.15, -0.1) is 0 Å². The van der Waals surface area contributed by atoms with Crippen LogP contribution in [-0.2, 0) is 10.8 Å². The largest absolute Gasteiger partial charge is 0.509 e. The average molecular weight is 779 g/mol. The summed E-state index contributed by atoms with van der Waals surface area (Å²) < 4.78 is 2.37. The highest BCUT2D eigenvalue weighted by atomic mass is 16.3. The molecule has 9 aromatic rings. The van der Waals surface area contributed by atoms with Gasteiger partial charge in [-0.2, -0.15) is 0 Å². The Kier molecular flexibility index (Phi) is 9.45. The highest BCUT2D eigenvalue weighted by molar-refractivity contribution is 6.13. The van der Waals surface area contributed by atoms with Crippen LogP contribution in [0.25, 0.3) is 88.4 Å². The Morgan fingerprint density at radius 2 is 1.15 bits per heavy atom. The van der Waals surface area contributed by atoms with E-state index in [1.165, 1.54) is 28.0 Å². The second-order valence-electron chi connectivity index (χ2n) is 17.6. The Morgan fingerprint density at radius 1 is 0.517 bits per heavy atom. The van der Waals surface area contributed by atoms with Gasteiger partial charge in [0, 0.05) is 44.9 Å². The molecule has 0 aliphatic rings. The molecule has 0 amide bonds. The maximum Gasteiger partial charge on any atom is 0.190 e. The number of hydrogen-bond acceptors (Lipinski definition) is 3. The minimum absolute atomic E-state index is 0.0222. The van der Waals surface area contributed by atoms with E-state index in [0.717, 1.165) is 61.5 Å². The van der Waals surface area contributed by atoms with E-state index in [4.69, 9.17) is 16.5 Å². The molecule has 9 rings (SSSR count). The van der Waals surface area contributed by atoms with Gasteiger partial charge in [0.15, 0.2) is 5.69 Å². The number of para-hydroxylation sites is 3. The Morgan fingerprint density at radius 3 is 1.87 bits per heavy atom. The molecule has 0 atom stereocenters. The highest BCUT2D eigenvalue weighted by Crippen LogP contribution is 2.41. The monoisotopic (exact) mass is 778 g/mol. The first-order valence-electron chi connectivity index (χ1n) is 20.4. The van der Waals surface area contributed by atoms with E-state index in [0.29, 0.717) is 16.9 Å². The topological polar surface area (TPSA) is 55.3 Å². The molecular weight excluding hydrogens is 733 g/mol. The number of rotatable bonds is 6. The van der Waals surface area contributed by atoms with Crippen molar-refractivity contribution in [2.45, 2.75) is 52.4 Å². The third-order valence-corrected chi connectivity index (χ3v) is 11.4. The van der Waals surface area contributed by atoms with Gasteiger partial charge in [0.1, 0.15) is 5.75 Å². The molecule has 0 fully saturated rings. The third kappa shape index (κ3) is 7.11. The maximum atomic E-state index is 11.2. The second-order valence-corrected chi connectivity index (χ2v) is 17.6. The number of phenolic OH excluding ortho intramolecular Hbond substituents is 1. The summed E-state index contributed by atoms with van der Waals surface area (Å²) in [6.45, 7) is 21.0. The van der Waals surface area contributed by atoms with Crippen molar-refractivity contribution < 1.29 is 5.11 Å². The van der Waals surface area contributed by atoms with Crippen molar-refractivity contribution in [1.82, 2.24) is 14.5 Å². The molecule has 3 aromatic heterocycles. The van der Waals surface area contributed by atoms with Crippen LogP contribution in [0.4, 0.5) is 5.69 Å². The first kappa shape index (κ1) is 38.2. The van der Waals surface area contributed by atoms with Crippen LogP contribution in [0.2, 0.25) is 0 Å². The summed E-state index contributed by atoms with van der Waals surface area (Å²) in [5.74, 6) is 0.0222. The number of aromatic nitrogens is 3. The van der Waals surface area contributed by atoms with E-state index >= 15 is 0 Å². The van der Waals surface area contributed by atoms with Crippen LogP contribution in [0.15, 0.2) is 164 Å². The van der Waals surface area contributed by atoms with Crippen molar-refractivity contribution in [2.75, 3.05) is 0 Å². The van der Waals surface area contributed by atoms with Crippen molar-refractivity contribution in [3.05, 3.63) is 186 Å². The molecule has 3 heterocycles. The predicted molar refractivity (Wildman–Crippen MR) is 249 cm³/mol. The minimum atomic E-state index is -0.0674. The molecule has 0 spiro atoms. The van der Waals surface area contributed by atoms with Crippen LogP contribution < -0.4 is 0 Å². The normalized spacial score (nSPS) is 11.9. The lowest BCUT2D eigenvalue weighted by Crippen LogP contribution is -2.16. The summed E-state index contributed by atoms with van der Waals surface area (Å²) in [4.78, 5) is 13.6. The van der Waals surface area contributed by atoms with Gasteiger partial charge in [-0.3, -0.25) is 4.98 Å². The molecule has 0 radical (unpaired) electrons. The van der Waals surface area contributed by atoms with Crippen LogP contribution >= 0.6 is 0 Å². The van der Waals surface area contributed by atoms with E-state index in [-0.39, 0.29) is 16.6 Å². The number of pyridine rings is 2. The quantitative estimate of drug-likeness (QED) is 0.171. The minimum Gasteiger partial charge on any atom is -0.509 e. The molecular formula is C55H46N4O. The predicted octanol–water partition coefficient (Wildman–Crippen LogP) is 14.8. The van der Waals surface area contributed by atoms with Gasteiger partial charge in [-0.05, 0) is 93.2 Å². The molecule has 292 valence electrons. The molecule has 1 N–H and O–H groups in total. The molecule has 5 heteroatoms. The molecule has 0 aliphatic heterocycles. The van der Waals surface area contributed by atoms with E-state index in [9.17, 15) is 5.11 Å². The molecule has 0 aliphatic carbocycles. The third-order valence-electron chi connectivity index (χ3n) is 11.4. The van der Waals surface area contributed by atoms with Crippen molar-refractivity contribution in [1.29, 1.82) is 0 Å². The van der Waals surface area contributed by atoms with Gasteiger partial charge in [-0.25, -0.2) is 9.83 Å². The summed E-state index contributed by atoms with van der Waals surface area (Å²) in [6.07, 6.45) is 1.90. The fourth-order valence-electron chi connectivity index (χ4n) is 8.14. The van der Waals surface area contributed by atoms with Crippen LogP contribution in [-0.4, -0.2) is 19.6 Å². The molecule has 60 heavy (non-hydrogen) atoms. The van der Waals surface area contributed by atoms with Crippen LogP contribution in [0.1, 0.15) is 52.7 Å². The summed E-state index contributed by atoms with van der Waals surface area (Å²) in [5.41, 5.74) is 15.2. The number of hydrogen-bond donors (Lipinski definition) is 1. The van der Waals surface area contributed by atoms with Gasteiger partial charge >= 0.3 is 0 Å². The molecule has 0 bridgehead atoms. The Bertz CT molecular complexity index is 3100. The molecule has 0 saturated carbocycles. The lowest BCUT2D eigenvalue weighted by Gasteiger charge is -2.26. The highest BCUT2D eigenvalue weighted by Gasteiger charge is 2.23. The molecule has 0 saturated heterocycles. The van der Waals surface area contributed by atoms with E-state index in [1.54, 1.807) is 12.1 Å². The van der Waals surface area contributed by atoms with E-state index in [2.05, 4.69) is 190 Å². The van der Waals surface area contributed by atoms with Gasteiger partial charge in [0.2, 0.25) is 0 Å². The first-order valence-corrected chi connectivity index (χ1v) is 20.4. The Balaban J connectivity index is 1.19. The zero-order valence-corrected chi connectivity index (χ0v) is 34.8. The van der Waals surface area contributed by atoms with Crippen molar-refractivity contribution in [3.63, 3.8) is 0 Å². The van der Waals surface area contributed by atoms with E-state index in [1.807, 2.05) is 6.20 Å². The van der Waals surface area contributed by atoms with Crippen molar-refractivity contribution >= 4 is 27.5 Å². The van der Waals surface area contributed by atoms with Gasteiger partial charge in [-0.1, -0.05) is 145 Å². The van der Waals surface area contributed by atoms with Crippen LogP contribution in [0.3, 0.4) is 0 Å². The van der Waals surface area contributed by atoms with Gasteiger partial charge < -0.3 is 9.67 Å². The number of benzene rings is 6. The Labute approximate surface area is 352 Å². The maximum absolute atomic E-state index is 11.2. The fraction of sp³-hybridized carbons (Fsp3) is 0.145. The van der Waals surface area contributed by atoms with E-state index < -0.39 is 0 Å². The SMILES string of the molecule is [C-]#[N+]c1ccc(-c2cc(-c3cc(C(C)(C)C)cc(C(C)(C)C)c3)cc(-c3cccc(-c4cc(-c5cccc6c7ccccc7n(-c7ccccc7)c56)ccn4)c3)n2)c(O)c1. The smallest absolute Gasteiger partial charge is 0.190 e. The zero-order valence-electron chi connectivity index (χ0n) is 34.8. The Hall–Kier alpha value is -7.29. The van der Waals surface area contributed by atoms with Gasteiger partial charge in [0.05, 0.1) is 34.7 Å². The first-order chi connectivity index (χ1) is 28.9. The lowest BCUT2D eigenvalue weighted by atomic mass is 9.79. The number of nitrogens with zero attached hydrogens (tertiary/aromatic N) is 4. The lowest BCUT2D eigenvalue weighted by molar-refractivity contribution is 0.477. The fourth-order valence-corrected chi connectivity index (χ4v) is 8.14. The van der Waals surface area contributed by atoms with Crippen molar-refractivity contribution in [3.8, 4) is 67.5 Å². The molecule has 5 nitrogen and oxygen atoms in total. The molecule has 0 unspecified atom stereocenters. The number of aromatic hydroxyl groups is 1. The number of phenols is 1. The number of fused-ring (bicyclic) bond motifs is 3. The van der Waals surface area contributed by atoms with Gasteiger partial charge in [0.25, 0.3) is 0 Å². The molecule has 6 aromatic carbocycles. The average Bonchev–Trinajstić information content (AvgIpc) is 3.60. The summed E-state index contributed by atoms with van der Waals surface area (Å²) in [6, 6.07) is 54.5. The zero-order chi connectivity index (χ0) is 41.8. The van der Waals surface area contributed by atoms with Crippen molar-refractivity contribution in [2.24, 2.45) is 0 Å². The van der Waals surface area contributed by atoms with Crippen LogP contribution in [0.5, 0.6) is 5.75 Å². The summed E-state index contributed by atoms with van der Waals surface area (Å²) >= 11 is 0. The van der Waals surface area contributed by atoms with Crippen LogP contribution in [0, 0.1) is 6.57 Å². The summed E-state index contributed by atoms with van der Waals surface area (Å²) in [5, 5.41) is 13.6. The second kappa shape index (κ2) is 14.8. The summed E-state index contributed by atoms with van der Waals surface area (Å²) in [7, 11) is 0. The standard InChI is InChI=1S/C55H46N4O/c1-54(2,3)40-28-38(29-41(33-40)55(4,5)6)39-31-49(58-50(32-39)47-24-23-42(56-7)34-52(47)60)37-16-13-15-36(27-37)48-30-35(25-26-57-48)44-20-14-21-46-45-19-11-12-22-51(45)59(53(44)46)43-17-9-8-10-18-43/h8-34,60H,1-6H3.